The molecule has 0 radical (unpaired) electrons. The summed E-state index contributed by atoms with van der Waals surface area (Å²) in [6.45, 7) is 2.14. The van der Waals surface area contributed by atoms with E-state index in [1.165, 1.54) is 11.3 Å². The third-order valence-electron chi connectivity index (χ3n) is 4.15. The van der Waals surface area contributed by atoms with Crippen LogP contribution in [0.4, 0.5) is 0 Å². The molecule has 4 heteroatoms. The summed E-state index contributed by atoms with van der Waals surface area (Å²) in [6, 6.07) is 9.37. The Labute approximate surface area is 121 Å². The van der Waals surface area contributed by atoms with Gasteiger partial charge in [-0.3, -0.25) is 0 Å². The highest BCUT2D eigenvalue weighted by atomic mass is 32.1. The second kappa shape index (κ2) is 4.72. The molecule has 0 saturated heterocycles. The quantitative estimate of drug-likeness (QED) is 0.888. The molecule has 0 bridgehead atoms. The Hall–Kier alpha value is -1.65. The summed E-state index contributed by atoms with van der Waals surface area (Å²) in [5.41, 5.74) is 1.00. The van der Waals surface area contributed by atoms with Gasteiger partial charge in [0.25, 0.3) is 0 Å². The summed E-state index contributed by atoms with van der Waals surface area (Å²) in [5, 5.41) is 22.2. The molecule has 3 rings (SSSR count). The Morgan fingerprint density at radius 1 is 1.35 bits per heavy atom. The van der Waals surface area contributed by atoms with E-state index in [0.29, 0.717) is 17.2 Å². The van der Waals surface area contributed by atoms with Crippen molar-refractivity contribution in [1.29, 1.82) is 0 Å². The third-order valence-corrected chi connectivity index (χ3v) is 5.21. The summed E-state index contributed by atoms with van der Waals surface area (Å²) in [6.07, 6.45) is 1.41. The van der Waals surface area contributed by atoms with Crippen LogP contribution in [0, 0.1) is 0 Å². The SMILES string of the molecule is CC1CCC(O)(c2sccc2C(=O)O)c2ccccc21. The Morgan fingerprint density at radius 3 is 2.85 bits per heavy atom. The minimum atomic E-state index is -1.18. The zero-order valence-electron chi connectivity index (χ0n) is 11.2. The molecule has 0 spiro atoms. The van der Waals surface area contributed by atoms with Crippen molar-refractivity contribution < 1.29 is 15.0 Å². The molecule has 1 aromatic heterocycles. The van der Waals surface area contributed by atoms with E-state index in [-0.39, 0.29) is 5.56 Å². The average molecular weight is 288 g/mol. The van der Waals surface area contributed by atoms with Crippen LogP contribution in [0.5, 0.6) is 0 Å². The molecule has 1 aliphatic carbocycles. The highest BCUT2D eigenvalue weighted by Crippen LogP contribution is 2.47. The summed E-state index contributed by atoms with van der Waals surface area (Å²) in [4.78, 5) is 11.9. The van der Waals surface area contributed by atoms with E-state index in [2.05, 4.69) is 6.92 Å². The molecule has 2 N–H and O–H groups in total. The first-order valence-electron chi connectivity index (χ1n) is 6.67. The predicted molar refractivity (Wildman–Crippen MR) is 78.4 cm³/mol. The van der Waals surface area contributed by atoms with E-state index in [1.54, 1.807) is 11.4 Å². The van der Waals surface area contributed by atoms with Crippen LogP contribution in [-0.2, 0) is 5.60 Å². The van der Waals surface area contributed by atoms with E-state index in [4.69, 9.17) is 0 Å². The van der Waals surface area contributed by atoms with Gasteiger partial charge in [-0.15, -0.1) is 11.3 Å². The lowest BCUT2D eigenvalue weighted by atomic mass is 9.73. The first kappa shape index (κ1) is 13.3. The third kappa shape index (κ3) is 1.87. The van der Waals surface area contributed by atoms with Crippen LogP contribution in [0.2, 0.25) is 0 Å². The Bertz CT molecular complexity index is 661. The van der Waals surface area contributed by atoms with Gasteiger partial charge in [-0.1, -0.05) is 31.2 Å². The monoisotopic (exact) mass is 288 g/mol. The lowest BCUT2D eigenvalue weighted by Gasteiger charge is -2.37. The number of aromatic carboxylic acids is 1. The predicted octanol–water partition coefficient (Wildman–Crippen LogP) is 3.58. The van der Waals surface area contributed by atoms with Gasteiger partial charge in [0.2, 0.25) is 0 Å². The fourth-order valence-corrected chi connectivity index (χ4v) is 4.08. The van der Waals surface area contributed by atoms with Crippen molar-refractivity contribution in [2.75, 3.05) is 0 Å². The largest absolute Gasteiger partial charge is 0.478 e. The number of hydrogen-bond acceptors (Lipinski definition) is 3. The zero-order valence-corrected chi connectivity index (χ0v) is 12.0. The molecular formula is C16H16O3S. The van der Waals surface area contributed by atoms with E-state index >= 15 is 0 Å². The van der Waals surface area contributed by atoms with Crippen LogP contribution in [0.3, 0.4) is 0 Å². The number of rotatable bonds is 2. The lowest BCUT2D eigenvalue weighted by Crippen LogP contribution is -2.33. The van der Waals surface area contributed by atoms with Crippen molar-refractivity contribution in [2.24, 2.45) is 0 Å². The smallest absolute Gasteiger partial charge is 0.336 e. The summed E-state index contributed by atoms with van der Waals surface area (Å²) in [5.74, 6) is -0.592. The van der Waals surface area contributed by atoms with Gasteiger partial charge in [-0.05, 0) is 41.3 Å². The number of fused-ring (bicyclic) bond motifs is 1. The highest BCUT2D eigenvalue weighted by Gasteiger charge is 2.41. The highest BCUT2D eigenvalue weighted by molar-refractivity contribution is 7.10. The van der Waals surface area contributed by atoms with Crippen LogP contribution in [-0.4, -0.2) is 16.2 Å². The Kier molecular flexibility index (Phi) is 3.15. The second-order valence-corrected chi connectivity index (χ2v) is 6.27. The Balaban J connectivity index is 2.20. The number of aliphatic hydroxyl groups is 1. The molecule has 0 amide bonds. The van der Waals surface area contributed by atoms with Crippen LogP contribution >= 0.6 is 11.3 Å². The normalized spacial score (nSPS) is 25.2. The standard InChI is InChI=1S/C16H16O3S/c1-10-6-8-16(19,13-5-3-2-4-11(10)13)14-12(15(17)18)7-9-20-14/h2-5,7,9-10,19H,6,8H2,1H3,(H,17,18). The molecule has 2 atom stereocenters. The average Bonchev–Trinajstić information content (AvgIpc) is 2.94. The summed E-state index contributed by atoms with van der Waals surface area (Å²) < 4.78 is 0. The van der Waals surface area contributed by atoms with Gasteiger partial charge < -0.3 is 10.2 Å². The van der Waals surface area contributed by atoms with Gasteiger partial charge in [0.1, 0.15) is 5.60 Å². The topological polar surface area (TPSA) is 57.5 Å². The first-order chi connectivity index (χ1) is 9.54. The minimum absolute atomic E-state index is 0.210. The number of carboxylic acid groups (broad SMARTS) is 1. The molecule has 1 heterocycles. The molecule has 104 valence electrons. The molecule has 0 fully saturated rings. The number of hydrogen-bond donors (Lipinski definition) is 2. The number of carbonyl (C=O) groups is 1. The van der Waals surface area contributed by atoms with Crippen molar-refractivity contribution in [3.05, 3.63) is 57.3 Å². The zero-order chi connectivity index (χ0) is 14.3. The summed E-state index contributed by atoms with van der Waals surface area (Å²) >= 11 is 1.32. The van der Waals surface area contributed by atoms with Crippen LogP contribution in [0.1, 0.15) is 52.0 Å². The van der Waals surface area contributed by atoms with Gasteiger partial charge in [-0.2, -0.15) is 0 Å². The van der Waals surface area contributed by atoms with Crippen molar-refractivity contribution in [1.82, 2.24) is 0 Å². The fraction of sp³-hybridized carbons (Fsp3) is 0.312. The molecular weight excluding hydrogens is 272 g/mol. The molecule has 2 aromatic rings. The van der Waals surface area contributed by atoms with Gasteiger partial charge in [0, 0.05) is 0 Å². The van der Waals surface area contributed by atoms with E-state index < -0.39 is 11.6 Å². The van der Waals surface area contributed by atoms with Gasteiger partial charge in [-0.25, -0.2) is 4.79 Å². The van der Waals surface area contributed by atoms with Crippen molar-refractivity contribution >= 4 is 17.3 Å². The number of benzene rings is 1. The Morgan fingerprint density at radius 2 is 2.10 bits per heavy atom. The van der Waals surface area contributed by atoms with Crippen molar-refractivity contribution in [2.45, 2.75) is 31.3 Å². The molecule has 3 nitrogen and oxygen atoms in total. The second-order valence-electron chi connectivity index (χ2n) is 5.36. The number of thiophene rings is 1. The minimum Gasteiger partial charge on any atom is -0.478 e. The van der Waals surface area contributed by atoms with E-state index in [1.807, 2.05) is 24.3 Å². The molecule has 0 saturated carbocycles. The van der Waals surface area contributed by atoms with Crippen LogP contribution in [0.25, 0.3) is 0 Å². The van der Waals surface area contributed by atoms with Gasteiger partial charge in [0.05, 0.1) is 10.4 Å². The molecule has 1 aromatic carbocycles. The first-order valence-corrected chi connectivity index (χ1v) is 7.55. The molecule has 0 aliphatic heterocycles. The van der Waals surface area contributed by atoms with E-state index in [9.17, 15) is 15.0 Å². The molecule has 1 aliphatic rings. The maximum Gasteiger partial charge on any atom is 0.336 e. The van der Waals surface area contributed by atoms with Crippen molar-refractivity contribution in [3.63, 3.8) is 0 Å². The van der Waals surface area contributed by atoms with Crippen LogP contribution in [0.15, 0.2) is 35.7 Å². The van der Waals surface area contributed by atoms with Gasteiger partial charge in [0.15, 0.2) is 0 Å². The molecule has 20 heavy (non-hydrogen) atoms. The van der Waals surface area contributed by atoms with Crippen LogP contribution < -0.4 is 0 Å². The van der Waals surface area contributed by atoms with E-state index in [0.717, 1.165) is 17.5 Å². The molecule has 2 unspecified atom stereocenters. The maximum atomic E-state index is 11.3. The van der Waals surface area contributed by atoms with Gasteiger partial charge >= 0.3 is 5.97 Å². The fourth-order valence-electron chi connectivity index (χ4n) is 3.05. The lowest BCUT2D eigenvalue weighted by molar-refractivity contribution is 0.0555. The summed E-state index contributed by atoms with van der Waals surface area (Å²) in [7, 11) is 0. The van der Waals surface area contributed by atoms with Crippen molar-refractivity contribution in [3.8, 4) is 0 Å². The number of carboxylic acids is 1. The maximum absolute atomic E-state index is 11.3.